The van der Waals surface area contributed by atoms with Crippen molar-refractivity contribution in [2.75, 3.05) is 19.6 Å². The predicted molar refractivity (Wildman–Crippen MR) is 117 cm³/mol. The van der Waals surface area contributed by atoms with Gasteiger partial charge in [-0.05, 0) is 19.1 Å². The smallest absolute Gasteiger partial charge is 0.357 e. The molecule has 162 valence electrons. The number of carbonyl (C=O) groups excluding carboxylic acids is 2. The molecule has 0 aliphatic carbocycles. The van der Waals surface area contributed by atoms with E-state index in [9.17, 15) is 22.8 Å². The van der Waals surface area contributed by atoms with Crippen molar-refractivity contribution in [1.29, 1.82) is 0 Å². The Hall–Kier alpha value is -2.22. The maximum absolute atomic E-state index is 12.6. The lowest BCUT2D eigenvalue weighted by Gasteiger charge is -2.16. The molecular weight excluding hydrogens is 534 g/mol. The van der Waals surface area contributed by atoms with Crippen LogP contribution in [0.25, 0.3) is 0 Å². The normalized spacial score (nSPS) is 13.9. The largest absolute Gasteiger partial charge is 0.434 e. The molecule has 1 aliphatic heterocycles. The van der Waals surface area contributed by atoms with Gasteiger partial charge in [0.15, 0.2) is 11.7 Å². The van der Waals surface area contributed by atoms with Crippen LogP contribution in [0.15, 0.2) is 34.6 Å². The van der Waals surface area contributed by atoms with Crippen LogP contribution in [-0.2, 0) is 12.7 Å². The molecule has 3 rings (SSSR count). The van der Waals surface area contributed by atoms with Gasteiger partial charge in [0, 0.05) is 25.0 Å². The van der Waals surface area contributed by atoms with Gasteiger partial charge in [-0.1, -0.05) is 12.1 Å². The number of carbonyl (C=O) groups is 2. The first-order valence-corrected chi connectivity index (χ1v) is 9.68. The number of thiazole rings is 1. The molecule has 2 N–H and O–H groups in total. The summed E-state index contributed by atoms with van der Waals surface area (Å²) in [5.74, 6) is -0.346. The van der Waals surface area contributed by atoms with E-state index in [1.165, 1.54) is 0 Å². The summed E-state index contributed by atoms with van der Waals surface area (Å²) < 4.78 is 37.9. The maximum atomic E-state index is 12.6. The van der Waals surface area contributed by atoms with Crippen LogP contribution in [0.5, 0.6) is 0 Å². The van der Waals surface area contributed by atoms with Crippen LogP contribution in [0.2, 0.25) is 0 Å². The first-order chi connectivity index (χ1) is 13.8. The number of halogens is 4. The topological polar surface area (TPSA) is 86.7 Å². The zero-order valence-electron chi connectivity index (χ0n) is 15.8. The number of guanidine groups is 1. The van der Waals surface area contributed by atoms with Crippen molar-refractivity contribution in [3.05, 3.63) is 51.5 Å². The second-order valence-electron chi connectivity index (χ2n) is 6.05. The number of aromatic nitrogens is 1. The van der Waals surface area contributed by atoms with E-state index in [2.05, 4.69) is 20.6 Å². The number of hydrogen-bond donors (Lipinski definition) is 2. The van der Waals surface area contributed by atoms with Gasteiger partial charge >= 0.3 is 6.18 Å². The molecule has 30 heavy (non-hydrogen) atoms. The van der Waals surface area contributed by atoms with Crippen molar-refractivity contribution >= 4 is 53.1 Å². The number of rotatable bonds is 6. The fourth-order valence-electron chi connectivity index (χ4n) is 2.73. The SMILES string of the molecule is CCNC(=NCc1nc(C(F)(F)F)cs1)NCCN1C(=O)c2ccccc2C1=O.I. The first-order valence-electron chi connectivity index (χ1n) is 8.80. The van der Waals surface area contributed by atoms with Crippen LogP contribution >= 0.6 is 35.3 Å². The molecule has 0 unspecified atom stereocenters. The number of aliphatic imine (C=N–C) groups is 1. The van der Waals surface area contributed by atoms with Crippen LogP contribution in [0.4, 0.5) is 13.2 Å². The van der Waals surface area contributed by atoms with E-state index in [0.29, 0.717) is 23.6 Å². The average Bonchev–Trinajstić information content (AvgIpc) is 3.26. The fourth-order valence-corrected chi connectivity index (χ4v) is 3.45. The standard InChI is InChI=1S/C18H18F3N5O2S.HI/c1-2-22-17(24-9-14-25-13(10-29-14)18(19,20)21)23-7-8-26-15(27)11-5-3-4-6-12(11)16(26)28;/h3-6,10H,2,7-9H2,1H3,(H2,22,23,24);1H. The summed E-state index contributed by atoms with van der Waals surface area (Å²) in [6.45, 7) is 2.72. The van der Waals surface area contributed by atoms with Gasteiger partial charge in [-0.15, -0.1) is 35.3 Å². The number of nitrogens with zero attached hydrogens (tertiary/aromatic N) is 3. The molecule has 1 aliphatic rings. The lowest BCUT2D eigenvalue weighted by Crippen LogP contribution is -2.43. The number of nitrogens with one attached hydrogen (secondary N) is 2. The number of amides is 2. The number of imide groups is 1. The quantitative estimate of drug-likeness (QED) is 0.249. The molecule has 12 heteroatoms. The summed E-state index contributed by atoms with van der Waals surface area (Å²) in [7, 11) is 0. The van der Waals surface area contributed by atoms with Gasteiger partial charge in [0.25, 0.3) is 11.8 Å². The highest BCUT2D eigenvalue weighted by atomic mass is 127. The lowest BCUT2D eigenvalue weighted by atomic mass is 10.1. The molecule has 0 bridgehead atoms. The van der Waals surface area contributed by atoms with Gasteiger partial charge in [0.1, 0.15) is 5.01 Å². The van der Waals surface area contributed by atoms with Crippen molar-refractivity contribution in [1.82, 2.24) is 20.5 Å². The van der Waals surface area contributed by atoms with Gasteiger partial charge < -0.3 is 10.6 Å². The highest BCUT2D eigenvalue weighted by Crippen LogP contribution is 2.30. The van der Waals surface area contributed by atoms with Gasteiger partial charge in [-0.3, -0.25) is 14.5 Å². The van der Waals surface area contributed by atoms with Gasteiger partial charge in [0.2, 0.25) is 0 Å². The summed E-state index contributed by atoms with van der Waals surface area (Å²) in [6, 6.07) is 6.62. The Bertz CT molecular complexity index is 913. The van der Waals surface area contributed by atoms with Crippen LogP contribution < -0.4 is 10.6 Å². The summed E-state index contributed by atoms with van der Waals surface area (Å²) in [6.07, 6.45) is -4.48. The van der Waals surface area contributed by atoms with Crippen molar-refractivity contribution in [3.8, 4) is 0 Å². The molecule has 0 fully saturated rings. The third-order valence-electron chi connectivity index (χ3n) is 4.06. The molecule has 1 aromatic carbocycles. The molecule has 2 amide bonds. The zero-order chi connectivity index (χ0) is 21.0. The predicted octanol–water partition coefficient (Wildman–Crippen LogP) is 3.13. The van der Waals surface area contributed by atoms with Gasteiger partial charge in [-0.2, -0.15) is 13.2 Å². The number of fused-ring (bicyclic) bond motifs is 1. The third-order valence-corrected chi connectivity index (χ3v) is 4.90. The number of hydrogen-bond acceptors (Lipinski definition) is 5. The summed E-state index contributed by atoms with van der Waals surface area (Å²) in [4.78, 5) is 33.6. The molecule has 7 nitrogen and oxygen atoms in total. The lowest BCUT2D eigenvalue weighted by molar-refractivity contribution is -0.140. The van der Waals surface area contributed by atoms with Crippen molar-refractivity contribution in [2.45, 2.75) is 19.6 Å². The minimum Gasteiger partial charge on any atom is -0.357 e. The van der Waals surface area contributed by atoms with Crippen molar-refractivity contribution in [3.63, 3.8) is 0 Å². The van der Waals surface area contributed by atoms with E-state index >= 15 is 0 Å². The Morgan fingerprint density at radius 1 is 1.17 bits per heavy atom. The van der Waals surface area contributed by atoms with E-state index < -0.39 is 11.9 Å². The maximum Gasteiger partial charge on any atom is 0.434 e. The molecule has 0 saturated heterocycles. The molecule has 0 radical (unpaired) electrons. The van der Waals surface area contributed by atoms with E-state index in [0.717, 1.165) is 21.6 Å². The summed E-state index contributed by atoms with van der Waals surface area (Å²) >= 11 is 0.883. The molecular formula is C18H19F3IN5O2S. The highest BCUT2D eigenvalue weighted by Gasteiger charge is 2.35. The van der Waals surface area contributed by atoms with Crippen molar-refractivity contribution in [2.24, 2.45) is 4.99 Å². The van der Waals surface area contributed by atoms with E-state index in [4.69, 9.17) is 0 Å². The average molecular weight is 553 g/mol. The summed E-state index contributed by atoms with van der Waals surface area (Å²) in [5, 5.41) is 7.11. The van der Waals surface area contributed by atoms with E-state index in [1.54, 1.807) is 24.3 Å². The summed E-state index contributed by atoms with van der Waals surface area (Å²) in [5.41, 5.74) is -0.180. The Labute approximate surface area is 191 Å². The van der Waals surface area contributed by atoms with Crippen LogP contribution in [0, 0.1) is 0 Å². The molecule has 1 aromatic heterocycles. The highest BCUT2D eigenvalue weighted by molar-refractivity contribution is 14.0. The molecule has 2 aromatic rings. The van der Waals surface area contributed by atoms with Crippen LogP contribution in [0.1, 0.15) is 38.3 Å². The monoisotopic (exact) mass is 553 g/mol. The Morgan fingerprint density at radius 2 is 1.80 bits per heavy atom. The second kappa shape index (κ2) is 10.2. The molecule has 0 atom stereocenters. The first kappa shape index (κ1) is 24.1. The molecule has 0 spiro atoms. The zero-order valence-corrected chi connectivity index (χ0v) is 19.0. The fraction of sp³-hybridized carbons (Fsp3) is 0.333. The third kappa shape index (κ3) is 5.47. The molecule has 2 heterocycles. The Balaban J connectivity index is 0.00000320. The molecule has 0 saturated carbocycles. The Morgan fingerprint density at radius 3 is 2.33 bits per heavy atom. The number of benzene rings is 1. The second-order valence-corrected chi connectivity index (χ2v) is 7.00. The minimum absolute atomic E-state index is 0. The van der Waals surface area contributed by atoms with Crippen LogP contribution in [-0.4, -0.2) is 47.3 Å². The van der Waals surface area contributed by atoms with E-state index in [1.807, 2.05) is 6.92 Å². The van der Waals surface area contributed by atoms with Gasteiger partial charge in [-0.25, -0.2) is 9.98 Å². The Kier molecular flexibility index (Phi) is 8.18. The van der Waals surface area contributed by atoms with Gasteiger partial charge in [0.05, 0.1) is 17.7 Å². The number of alkyl halides is 3. The van der Waals surface area contributed by atoms with E-state index in [-0.39, 0.29) is 60.4 Å². The van der Waals surface area contributed by atoms with Crippen molar-refractivity contribution < 1.29 is 22.8 Å². The van der Waals surface area contributed by atoms with Crippen LogP contribution in [0.3, 0.4) is 0 Å². The minimum atomic E-state index is -4.48.